The maximum absolute atomic E-state index is 13.1. The third-order valence-electron chi connectivity index (χ3n) is 5.02. The van der Waals surface area contributed by atoms with Crippen LogP contribution in [0.25, 0.3) is 5.69 Å². The summed E-state index contributed by atoms with van der Waals surface area (Å²) in [7, 11) is 0. The van der Waals surface area contributed by atoms with Gasteiger partial charge in [0, 0.05) is 30.3 Å². The van der Waals surface area contributed by atoms with Crippen LogP contribution in [0.15, 0.2) is 53.7 Å². The molecule has 0 radical (unpaired) electrons. The minimum Gasteiger partial charge on any atom is -0.494 e. The molecule has 2 aromatic carbocycles. The number of hydrogen-bond acceptors (Lipinski definition) is 7. The Morgan fingerprint density at radius 3 is 2.60 bits per heavy atom. The van der Waals surface area contributed by atoms with Crippen molar-refractivity contribution in [3.05, 3.63) is 60.2 Å². The van der Waals surface area contributed by atoms with E-state index in [9.17, 15) is 18.8 Å². The van der Waals surface area contributed by atoms with Gasteiger partial charge >= 0.3 is 6.03 Å². The number of aromatic nitrogens is 3. The second kappa shape index (κ2) is 11.0. The minimum absolute atomic E-state index is 0.0368. The quantitative estimate of drug-likeness (QED) is 0.387. The second-order valence-electron chi connectivity index (χ2n) is 7.63. The number of carbonyl (C=O) groups excluding carboxylic acids is 3. The number of ether oxygens (including phenoxy) is 1. The van der Waals surface area contributed by atoms with Crippen LogP contribution in [0.4, 0.5) is 14.9 Å². The number of nitrogens with zero attached hydrogens (tertiary/aromatic N) is 3. The highest BCUT2D eigenvalue weighted by Gasteiger charge is 2.27. The van der Waals surface area contributed by atoms with Gasteiger partial charge in [-0.2, -0.15) is 0 Å². The summed E-state index contributed by atoms with van der Waals surface area (Å²) in [6.45, 7) is 2.43. The molecular weight excluding hydrogens is 475 g/mol. The van der Waals surface area contributed by atoms with Crippen molar-refractivity contribution in [3.8, 4) is 11.4 Å². The Hall–Kier alpha value is -3.93. The summed E-state index contributed by atoms with van der Waals surface area (Å²) in [5.74, 6) is 0.221. The first kappa shape index (κ1) is 24.2. The number of benzene rings is 2. The first-order chi connectivity index (χ1) is 16.9. The van der Waals surface area contributed by atoms with Crippen molar-refractivity contribution in [2.45, 2.75) is 31.0 Å². The number of imide groups is 1. The topological polar surface area (TPSA) is 127 Å². The molecule has 1 aromatic heterocycles. The second-order valence-corrected chi connectivity index (χ2v) is 8.57. The van der Waals surface area contributed by atoms with Gasteiger partial charge in [0.05, 0.1) is 12.4 Å². The number of thioether (sulfide) groups is 1. The van der Waals surface area contributed by atoms with Gasteiger partial charge in [0.15, 0.2) is 5.16 Å². The first-order valence-electron chi connectivity index (χ1n) is 10.9. The number of nitrogens with one attached hydrogen (secondary N) is 3. The minimum atomic E-state index is -0.551. The van der Waals surface area contributed by atoms with Crippen molar-refractivity contribution >= 4 is 35.3 Å². The van der Waals surface area contributed by atoms with Crippen LogP contribution in [-0.2, 0) is 16.0 Å². The van der Waals surface area contributed by atoms with E-state index in [-0.39, 0.29) is 36.2 Å². The number of anilines is 1. The van der Waals surface area contributed by atoms with E-state index in [0.717, 1.165) is 5.69 Å². The molecule has 182 valence electrons. The molecule has 1 atom stereocenters. The largest absolute Gasteiger partial charge is 0.494 e. The van der Waals surface area contributed by atoms with E-state index in [1.165, 1.54) is 36.0 Å². The van der Waals surface area contributed by atoms with Gasteiger partial charge in [0.25, 0.3) is 0 Å². The van der Waals surface area contributed by atoms with Crippen molar-refractivity contribution in [3.63, 3.8) is 0 Å². The summed E-state index contributed by atoms with van der Waals surface area (Å²) in [6.07, 6.45) is 0.381. The fourth-order valence-electron chi connectivity index (χ4n) is 3.52. The standard InChI is InChI=1S/C23H23FN6O4S/c1-2-34-18-9-7-17(8-10-18)30-19(11-16-12-20(31)27-22(33)26-16)28-29-23(30)35-13-21(32)25-15-5-3-14(24)4-6-15/h3-10,16H,2,11-13H2,1H3,(H,25,32)(H2,26,27,31,33). The fourth-order valence-corrected chi connectivity index (χ4v) is 4.29. The van der Waals surface area contributed by atoms with Crippen LogP contribution in [0.5, 0.6) is 5.75 Å². The Kier molecular flexibility index (Phi) is 7.60. The zero-order valence-corrected chi connectivity index (χ0v) is 19.6. The third kappa shape index (κ3) is 6.35. The van der Waals surface area contributed by atoms with Gasteiger partial charge in [-0.15, -0.1) is 10.2 Å². The lowest BCUT2D eigenvalue weighted by atomic mass is 10.1. The third-order valence-corrected chi connectivity index (χ3v) is 5.94. The number of rotatable bonds is 9. The van der Waals surface area contributed by atoms with Gasteiger partial charge in [-0.1, -0.05) is 11.8 Å². The first-order valence-corrected chi connectivity index (χ1v) is 11.9. The Morgan fingerprint density at radius 1 is 1.17 bits per heavy atom. The average Bonchev–Trinajstić information content (AvgIpc) is 3.21. The van der Waals surface area contributed by atoms with Gasteiger partial charge in [-0.25, -0.2) is 9.18 Å². The summed E-state index contributed by atoms with van der Waals surface area (Å²) < 4.78 is 20.4. The molecule has 12 heteroatoms. The molecule has 1 unspecified atom stereocenters. The summed E-state index contributed by atoms with van der Waals surface area (Å²) in [6, 6.07) is 11.8. The highest BCUT2D eigenvalue weighted by molar-refractivity contribution is 7.99. The van der Waals surface area contributed by atoms with Crippen molar-refractivity contribution in [1.82, 2.24) is 25.4 Å². The molecule has 4 rings (SSSR count). The van der Waals surface area contributed by atoms with Crippen LogP contribution in [0.3, 0.4) is 0 Å². The molecule has 0 bridgehead atoms. The molecule has 3 N–H and O–H groups in total. The van der Waals surface area contributed by atoms with E-state index in [1.54, 1.807) is 4.57 Å². The maximum atomic E-state index is 13.1. The normalized spacial score (nSPS) is 15.3. The SMILES string of the molecule is CCOc1ccc(-n2c(CC3CC(=O)NC(=O)N3)nnc2SCC(=O)Nc2ccc(F)cc2)cc1. The molecule has 10 nitrogen and oxygen atoms in total. The summed E-state index contributed by atoms with van der Waals surface area (Å²) >= 11 is 1.18. The van der Waals surface area contributed by atoms with Crippen molar-refractivity contribution in [1.29, 1.82) is 0 Å². The summed E-state index contributed by atoms with van der Waals surface area (Å²) in [5, 5.41) is 16.6. The Morgan fingerprint density at radius 2 is 1.91 bits per heavy atom. The van der Waals surface area contributed by atoms with E-state index in [1.807, 2.05) is 31.2 Å². The molecular formula is C23H23FN6O4S. The molecule has 0 aliphatic carbocycles. The average molecular weight is 499 g/mol. The van der Waals surface area contributed by atoms with E-state index >= 15 is 0 Å². The van der Waals surface area contributed by atoms with Crippen LogP contribution in [-0.4, -0.2) is 51.0 Å². The van der Waals surface area contributed by atoms with Gasteiger partial charge in [0.1, 0.15) is 17.4 Å². The van der Waals surface area contributed by atoms with E-state index in [0.29, 0.717) is 29.0 Å². The van der Waals surface area contributed by atoms with Gasteiger partial charge in [-0.3, -0.25) is 19.5 Å². The molecule has 1 fully saturated rings. The number of urea groups is 1. The van der Waals surface area contributed by atoms with Crippen LogP contribution >= 0.6 is 11.8 Å². The van der Waals surface area contributed by atoms with E-state index < -0.39 is 12.1 Å². The van der Waals surface area contributed by atoms with E-state index in [2.05, 4.69) is 26.1 Å². The lowest BCUT2D eigenvalue weighted by molar-refractivity contribution is -0.121. The zero-order chi connectivity index (χ0) is 24.8. The molecule has 2 heterocycles. The Balaban J connectivity index is 1.53. The highest BCUT2D eigenvalue weighted by Crippen LogP contribution is 2.25. The Labute approximate surface area is 204 Å². The van der Waals surface area contributed by atoms with Crippen LogP contribution in [0.1, 0.15) is 19.2 Å². The molecule has 1 saturated heterocycles. The number of amides is 4. The van der Waals surface area contributed by atoms with Crippen LogP contribution in [0, 0.1) is 5.82 Å². The van der Waals surface area contributed by atoms with Crippen molar-refractivity contribution in [2.24, 2.45) is 0 Å². The van der Waals surface area contributed by atoms with E-state index in [4.69, 9.17) is 4.74 Å². The van der Waals surface area contributed by atoms with Crippen molar-refractivity contribution < 1.29 is 23.5 Å². The molecule has 3 aromatic rings. The molecule has 4 amide bonds. The zero-order valence-electron chi connectivity index (χ0n) is 18.8. The van der Waals surface area contributed by atoms with Gasteiger partial charge < -0.3 is 15.4 Å². The smallest absolute Gasteiger partial charge is 0.321 e. The molecule has 1 aliphatic rings. The number of hydrogen-bond donors (Lipinski definition) is 3. The predicted octanol–water partition coefficient (Wildman–Crippen LogP) is 2.68. The van der Waals surface area contributed by atoms with Gasteiger partial charge in [0.2, 0.25) is 11.8 Å². The number of carbonyl (C=O) groups is 3. The lowest BCUT2D eigenvalue weighted by Gasteiger charge is -2.23. The lowest BCUT2D eigenvalue weighted by Crippen LogP contribution is -2.53. The molecule has 0 saturated carbocycles. The summed E-state index contributed by atoms with van der Waals surface area (Å²) in [4.78, 5) is 35.9. The van der Waals surface area contributed by atoms with Crippen LogP contribution in [0.2, 0.25) is 0 Å². The number of halogens is 1. The van der Waals surface area contributed by atoms with Gasteiger partial charge in [-0.05, 0) is 55.5 Å². The molecule has 35 heavy (non-hydrogen) atoms. The maximum Gasteiger partial charge on any atom is 0.321 e. The monoisotopic (exact) mass is 498 g/mol. The van der Waals surface area contributed by atoms with Crippen LogP contribution < -0.4 is 20.7 Å². The Bertz CT molecular complexity index is 1200. The predicted molar refractivity (Wildman–Crippen MR) is 127 cm³/mol. The fraction of sp³-hybridized carbons (Fsp3) is 0.261. The molecule has 0 spiro atoms. The highest BCUT2D eigenvalue weighted by atomic mass is 32.2. The van der Waals surface area contributed by atoms with Crippen molar-refractivity contribution in [2.75, 3.05) is 17.7 Å². The summed E-state index contributed by atoms with van der Waals surface area (Å²) in [5.41, 5.74) is 1.22. The molecule has 1 aliphatic heterocycles.